The highest BCUT2D eigenvalue weighted by molar-refractivity contribution is 5.94. The van der Waals surface area contributed by atoms with Gasteiger partial charge in [-0.25, -0.2) is 9.97 Å². The van der Waals surface area contributed by atoms with Gasteiger partial charge in [0.1, 0.15) is 12.1 Å². The van der Waals surface area contributed by atoms with Gasteiger partial charge in [-0.05, 0) is 68.5 Å². The fraction of sp³-hybridized carbons (Fsp3) is 0.476. The zero-order chi connectivity index (χ0) is 18.6. The number of aryl methyl sites for hydroxylation is 1. The Bertz CT molecular complexity index is 919. The van der Waals surface area contributed by atoms with Crippen molar-refractivity contribution in [2.24, 2.45) is 5.73 Å². The summed E-state index contributed by atoms with van der Waals surface area (Å²) in [6, 6.07) is 5.92. The molecule has 1 fully saturated rings. The Morgan fingerprint density at radius 2 is 2.11 bits per heavy atom. The first kappa shape index (κ1) is 16.7. The van der Waals surface area contributed by atoms with E-state index in [1.54, 1.807) is 6.33 Å². The molecule has 3 heterocycles. The van der Waals surface area contributed by atoms with Crippen molar-refractivity contribution >= 4 is 17.4 Å². The number of carbonyl (C=O) groups is 1. The van der Waals surface area contributed by atoms with Gasteiger partial charge in [0.2, 0.25) is 5.91 Å². The summed E-state index contributed by atoms with van der Waals surface area (Å²) < 4.78 is 0. The summed E-state index contributed by atoms with van der Waals surface area (Å²) in [6.45, 7) is 5.16. The van der Waals surface area contributed by atoms with Crippen molar-refractivity contribution < 1.29 is 4.79 Å². The SMILES string of the molecule is C[C@@H]1CCc2ncnc(N3CC4(CCNCC4)c4cc(C(N)=O)ccc43)c21. The highest BCUT2D eigenvalue weighted by Crippen LogP contribution is 2.50. The third-order valence-electron chi connectivity index (χ3n) is 6.67. The van der Waals surface area contributed by atoms with Crippen LogP contribution in [0, 0.1) is 0 Å². The second kappa shape index (κ2) is 6.02. The van der Waals surface area contributed by atoms with Crippen LogP contribution in [0.15, 0.2) is 24.5 Å². The van der Waals surface area contributed by atoms with Crippen molar-refractivity contribution in [2.45, 2.75) is 43.9 Å². The molecule has 3 aliphatic rings. The first-order chi connectivity index (χ1) is 13.1. The van der Waals surface area contributed by atoms with Crippen molar-refractivity contribution in [2.75, 3.05) is 24.5 Å². The topological polar surface area (TPSA) is 84.1 Å². The van der Waals surface area contributed by atoms with Crippen LogP contribution >= 0.6 is 0 Å². The number of nitrogens with one attached hydrogen (secondary N) is 1. The van der Waals surface area contributed by atoms with E-state index >= 15 is 0 Å². The molecule has 1 aliphatic carbocycles. The van der Waals surface area contributed by atoms with Crippen molar-refractivity contribution in [3.63, 3.8) is 0 Å². The van der Waals surface area contributed by atoms with Gasteiger partial charge in [0.25, 0.3) is 0 Å². The molecule has 2 aromatic rings. The van der Waals surface area contributed by atoms with Gasteiger partial charge in [0.15, 0.2) is 0 Å². The summed E-state index contributed by atoms with van der Waals surface area (Å²) in [7, 11) is 0. The van der Waals surface area contributed by atoms with Gasteiger partial charge in [-0.2, -0.15) is 0 Å². The van der Waals surface area contributed by atoms with Crippen LogP contribution in [-0.4, -0.2) is 35.5 Å². The third kappa shape index (κ3) is 2.46. The molecule has 2 aliphatic heterocycles. The fourth-order valence-corrected chi connectivity index (χ4v) is 5.18. The quantitative estimate of drug-likeness (QED) is 0.856. The van der Waals surface area contributed by atoms with E-state index in [0.717, 1.165) is 51.1 Å². The largest absolute Gasteiger partial charge is 0.366 e. The number of primary amides is 1. The molecule has 0 bridgehead atoms. The number of fused-ring (bicyclic) bond motifs is 3. The van der Waals surface area contributed by atoms with Crippen molar-refractivity contribution in [3.05, 3.63) is 46.9 Å². The summed E-state index contributed by atoms with van der Waals surface area (Å²) in [6.07, 6.45) is 5.99. The van der Waals surface area contributed by atoms with Gasteiger partial charge in [-0.3, -0.25) is 4.79 Å². The Balaban J connectivity index is 1.67. The van der Waals surface area contributed by atoms with E-state index in [1.165, 1.54) is 22.5 Å². The average molecular weight is 363 g/mol. The summed E-state index contributed by atoms with van der Waals surface area (Å²) in [5, 5.41) is 3.47. The molecule has 1 aromatic carbocycles. The van der Waals surface area contributed by atoms with Crippen LogP contribution in [0.3, 0.4) is 0 Å². The Labute approximate surface area is 159 Å². The van der Waals surface area contributed by atoms with Crippen LogP contribution in [-0.2, 0) is 11.8 Å². The standard InChI is InChI=1S/C21H25N5O/c1-13-2-4-16-18(13)20(25-12-24-16)26-11-21(6-8-23-9-7-21)15-10-14(19(22)27)3-5-17(15)26/h3,5,10,12-13,23H,2,4,6-9,11H2,1H3,(H2,22,27)/t13-/m1/s1. The maximum absolute atomic E-state index is 11.8. The van der Waals surface area contributed by atoms with E-state index in [4.69, 9.17) is 10.7 Å². The summed E-state index contributed by atoms with van der Waals surface area (Å²) >= 11 is 0. The van der Waals surface area contributed by atoms with Crippen LogP contribution in [0.1, 0.15) is 59.3 Å². The lowest BCUT2D eigenvalue weighted by Crippen LogP contribution is -2.42. The van der Waals surface area contributed by atoms with E-state index in [9.17, 15) is 4.79 Å². The van der Waals surface area contributed by atoms with E-state index in [-0.39, 0.29) is 11.3 Å². The lowest BCUT2D eigenvalue weighted by molar-refractivity contribution is 0.1000. The van der Waals surface area contributed by atoms with E-state index in [1.807, 2.05) is 12.1 Å². The maximum atomic E-state index is 11.8. The minimum Gasteiger partial charge on any atom is -0.366 e. The monoisotopic (exact) mass is 363 g/mol. The van der Waals surface area contributed by atoms with Crippen LogP contribution < -0.4 is 16.0 Å². The molecule has 3 N–H and O–H groups in total. The smallest absolute Gasteiger partial charge is 0.248 e. The minimum atomic E-state index is -0.364. The number of carbonyl (C=O) groups excluding carboxylic acids is 1. The summed E-state index contributed by atoms with van der Waals surface area (Å²) in [5.41, 5.74) is 11.1. The number of amides is 1. The number of anilines is 2. The molecule has 1 amide bonds. The van der Waals surface area contributed by atoms with E-state index in [2.05, 4.69) is 28.2 Å². The number of nitrogens with two attached hydrogens (primary N) is 1. The molecular weight excluding hydrogens is 338 g/mol. The predicted molar refractivity (Wildman–Crippen MR) is 105 cm³/mol. The molecule has 140 valence electrons. The Hall–Kier alpha value is -2.47. The highest BCUT2D eigenvalue weighted by atomic mass is 16.1. The zero-order valence-corrected chi connectivity index (χ0v) is 15.7. The molecule has 27 heavy (non-hydrogen) atoms. The van der Waals surface area contributed by atoms with Crippen LogP contribution in [0.25, 0.3) is 0 Å². The van der Waals surface area contributed by atoms with Crippen molar-refractivity contribution in [1.29, 1.82) is 0 Å². The molecule has 1 aromatic heterocycles. The summed E-state index contributed by atoms with van der Waals surface area (Å²) in [5.74, 6) is 1.17. The molecule has 6 nitrogen and oxygen atoms in total. The van der Waals surface area contributed by atoms with Gasteiger partial charge < -0.3 is 16.0 Å². The number of rotatable bonds is 2. The van der Waals surface area contributed by atoms with E-state index < -0.39 is 0 Å². The maximum Gasteiger partial charge on any atom is 0.248 e. The first-order valence-electron chi connectivity index (χ1n) is 9.85. The Morgan fingerprint density at radius 3 is 2.89 bits per heavy atom. The molecule has 5 rings (SSSR count). The molecule has 1 spiro atoms. The third-order valence-corrected chi connectivity index (χ3v) is 6.67. The van der Waals surface area contributed by atoms with Crippen LogP contribution in [0.2, 0.25) is 0 Å². The van der Waals surface area contributed by atoms with Gasteiger partial charge in [-0.15, -0.1) is 0 Å². The number of aromatic nitrogens is 2. The van der Waals surface area contributed by atoms with Gasteiger partial charge in [0.05, 0.1) is 0 Å². The predicted octanol–water partition coefficient (Wildman–Crippen LogP) is 2.40. The molecular formula is C21H25N5O. The van der Waals surface area contributed by atoms with Crippen molar-refractivity contribution in [1.82, 2.24) is 15.3 Å². The normalized spacial score (nSPS) is 22.7. The average Bonchev–Trinajstić information content (AvgIpc) is 3.21. The number of nitrogens with zero attached hydrogens (tertiary/aromatic N) is 3. The molecule has 0 unspecified atom stereocenters. The van der Waals surface area contributed by atoms with E-state index in [0.29, 0.717) is 11.5 Å². The lowest BCUT2D eigenvalue weighted by Gasteiger charge is -2.35. The summed E-state index contributed by atoms with van der Waals surface area (Å²) in [4.78, 5) is 23.4. The number of hydrogen-bond donors (Lipinski definition) is 2. The first-order valence-corrected chi connectivity index (χ1v) is 9.85. The number of piperidine rings is 1. The Morgan fingerprint density at radius 1 is 1.30 bits per heavy atom. The second-order valence-electron chi connectivity index (χ2n) is 8.21. The molecule has 6 heteroatoms. The van der Waals surface area contributed by atoms with Crippen LogP contribution in [0.5, 0.6) is 0 Å². The lowest BCUT2D eigenvalue weighted by atomic mass is 9.74. The fourth-order valence-electron chi connectivity index (χ4n) is 5.18. The molecule has 1 atom stereocenters. The second-order valence-corrected chi connectivity index (χ2v) is 8.21. The van der Waals surface area contributed by atoms with Crippen LogP contribution in [0.4, 0.5) is 11.5 Å². The zero-order valence-electron chi connectivity index (χ0n) is 15.7. The van der Waals surface area contributed by atoms with Gasteiger partial charge in [0, 0.05) is 34.5 Å². The Kier molecular flexibility index (Phi) is 3.72. The number of hydrogen-bond acceptors (Lipinski definition) is 5. The van der Waals surface area contributed by atoms with Crippen molar-refractivity contribution in [3.8, 4) is 0 Å². The molecule has 1 saturated heterocycles. The number of benzene rings is 1. The van der Waals surface area contributed by atoms with Gasteiger partial charge >= 0.3 is 0 Å². The molecule has 0 radical (unpaired) electrons. The molecule has 0 saturated carbocycles. The van der Waals surface area contributed by atoms with Gasteiger partial charge in [-0.1, -0.05) is 6.92 Å². The highest BCUT2D eigenvalue weighted by Gasteiger charge is 2.45. The minimum absolute atomic E-state index is 0.0473.